The van der Waals surface area contributed by atoms with E-state index in [2.05, 4.69) is 0 Å². The molecule has 0 saturated heterocycles. The molecule has 2 atom stereocenters. The van der Waals surface area contributed by atoms with Gasteiger partial charge in [-0.15, -0.1) is 0 Å². The fourth-order valence-corrected chi connectivity index (χ4v) is 6.92. The van der Waals surface area contributed by atoms with E-state index < -0.39 is 67.9 Å². The highest BCUT2D eigenvalue weighted by Gasteiger charge is 2.41. The number of nitrogens with two attached hydrogens (primary N) is 1. The molecule has 0 radical (unpaired) electrons. The van der Waals surface area contributed by atoms with Crippen molar-refractivity contribution in [3.63, 3.8) is 0 Å². The summed E-state index contributed by atoms with van der Waals surface area (Å²) in [4.78, 5) is 11.9. The Hall–Kier alpha value is -1.95. The molecule has 216 valence electrons. The minimum Gasteiger partial charge on any atom is -0.366 e. The van der Waals surface area contributed by atoms with Crippen LogP contribution in [0.2, 0.25) is 15.1 Å². The van der Waals surface area contributed by atoms with Gasteiger partial charge in [-0.2, -0.15) is 26.3 Å². The van der Waals surface area contributed by atoms with Crippen LogP contribution >= 0.6 is 34.8 Å². The molecule has 0 saturated carbocycles. The van der Waals surface area contributed by atoms with Gasteiger partial charge in [0.2, 0.25) is 5.91 Å². The van der Waals surface area contributed by atoms with Crippen molar-refractivity contribution >= 4 is 56.6 Å². The summed E-state index contributed by atoms with van der Waals surface area (Å²) in [5.74, 6) is -6.58. The summed E-state index contributed by atoms with van der Waals surface area (Å²) in [6, 6.07) is 3.58. The maximum atomic E-state index is 14.2. The summed E-state index contributed by atoms with van der Waals surface area (Å²) in [6.07, 6.45) is -8.73. The minimum atomic E-state index is -5.18. The largest absolute Gasteiger partial charge is 0.417 e. The number of rotatable bonds is 9. The van der Waals surface area contributed by atoms with Gasteiger partial charge in [0.15, 0.2) is 9.84 Å². The first-order chi connectivity index (χ1) is 17.7. The molecule has 0 aliphatic carbocycles. The van der Waals surface area contributed by atoms with Gasteiger partial charge in [0, 0.05) is 0 Å². The first kappa shape index (κ1) is 33.3. The molecule has 0 aromatic heterocycles. The third kappa shape index (κ3) is 8.52. The number of sulfone groups is 1. The van der Waals surface area contributed by atoms with Crippen LogP contribution in [0.25, 0.3) is 6.08 Å². The molecule has 2 rings (SSSR count). The Kier molecular flexibility index (Phi) is 10.5. The summed E-state index contributed by atoms with van der Waals surface area (Å²) in [6.45, 7) is 4.40. The highest BCUT2D eigenvalue weighted by atomic mass is 35.5. The smallest absolute Gasteiger partial charge is 0.366 e. The molecule has 0 aliphatic rings. The Morgan fingerprint density at radius 1 is 0.974 bits per heavy atom. The second kappa shape index (κ2) is 12.3. The van der Waals surface area contributed by atoms with E-state index in [-0.39, 0.29) is 32.3 Å². The Balaban J connectivity index is 2.81. The number of benzene rings is 2. The molecule has 0 bridgehead atoms. The number of primary amides is 1. The van der Waals surface area contributed by atoms with Crippen LogP contribution in [-0.2, 0) is 16.0 Å². The zero-order valence-corrected chi connectivity index (χ0v) is 23.8. The van der Waals surface area contributed by atoms with E-state index in [1.807, 2.05) is 0 Å². The molecule has 39 heavy (non-hydrogen) atoms. The van der Waals surface area contributed by atoms with Crippen molar-refractivity contribution < 1.29 is 39.6 Å². The van der Waals surface area contributed by atoms with E-state index in [1.54, 1.807) is 13.8 Å². The van der Waals surface area contributed by atoms with Crippen LogP contribution in [0.5, 0.6) is 0 Å². The van der Waals surface area contributed by atoms with E-state index in [4.69, 9.17) is 40.5 Å². The first-order valence-electron chi connectivity index (χ1n) is 11.3. The van der Waals surface area contributed by atoms with Gasteiger partial charge in [-0.1, -0.05) is 73.8 Å². The third-order valence-corrected chi connectivity index (χ3v) is 8.98. The van der Waals surface area contributed by atoms with E-state index in [1.165, 1.54) is 6.92 Å². The average molecular weight is 639 g/mol. The van der Waals surface area contributed by atoms with Gasteiger partial charge in [-0.25, -0.2) is 8.42 Å². The molecule has 0 heterocycles. The van der Waals surface area contributed by atoms with Crippen molar-refractivity contribution in [2.45, 2.75) is 45.0 Å². The summed E-state index contributed by atoms with van der Waals surface area (Å²) in [5, 5.41) is -0.712. The quantitative estimate of drug-likeness (QED) is 0.222. The van der Waals surface area contributed by atoms with Crippen LogP contribution in [0.1, 0.15) is 65.2 Å². The van der Waals surface area contributed by atoms with Gasteiger partial charge in [0.05, 0.1) is 43.6 Å². The Labute approximate surface area is 237 Å². The zero-order chi connectivity index (χ0) is 30.1. The Morgan fingerprint density at radius 3 is 1.95 bits per heavy atom. The third-order valence-electron chi connectivity index (χ3n) is 5.60. The van der Waals surface area contributed by atoms with E-state index in [0.717, 1.165) is 30.3 Å². The number of halogens is 9. The second-order valence-corrected chi connectivity index (χ2v) is 12.7. The van der Waals surface area contributed by atoms with Crippen molar-refractivity contribution in [1.29, 1.82) is 0 Å². The topological polar surface area (TPSA) is 77.2 Å². The molecule has 1 unspecified atom stereocenters. The number of amides is 1. The van der Waals surface area contributed by atoms with Gasteiger partial charge in [0.25, 0.3) is 0 Å². The normalized spacial score (nSPS) is 14.7. The molecular formula is C25H24Cl3F6NO3S. The van der Waals surface area contributed by atoms with Crippen LogP contribution in [-0.4, -0.2) is 32.0 Å². The summed E-state index contributed by atoms with van der Waals surface area (Å²) in [5.41, 5.74) is 1.23. The lowest BCUT2D eigenvalue weighted by Crippen LogP contribution is -2.25. The molecule has 14 heteroatoms. The fraction of sp³-hybridized carbons (Fsp3) is 0.400. The molecule has 1 amide bonds. The SMILES string of the molecule is CC(C)CS(=O)(=O)C[C@H](C)c1c(/C=C/C(c2cc(Cl)c(Cl)c(Cl)c2)C(F)(F)F)ccc(C(N)=O)c1C(F)(F)F. The summed E-state index contributed by atoms with van der Waals surface area (Å²) < 4.78 is 110. The predicted octanol–water partition coefficient (Wildman–Crippen LogP) is 8.30. The highest BCUT2D eigenvalue weighted by Crippen LogP contribution is 2.43. The number of hydrogen-bond donors (Lipinski definition) is 1. The van der Waals surface area contributed by atoms with Gasteiger partial charge < -0.3 is 5.73 Å². The second-order valence-electron chi connectivity index (χ2n) is 9.40. The van der Waals surface area contributed by atoms with Gasteiger partial charge >= 0.3 is 12.4 Å². The number of hydrogen-bond acceptors (Lipinski definition) is 3. The standard InChI is InChI=1S/C25H24Cl3F6NO3S/c1-12(2)10-39(37,38)11-13(3)20-14(4-6-16(23(35)36)21(20)25(32,33)34)5-7-17(24(29,30)31)15-8-18(26)22(28)19(27)9-15/h4-9,12-13,17H,10-11H2,1-3H3,(H2,35,36)/b7-5+/t13-,17?/m0/s1. The molecule has 2 N–H and O–H groups in total. The first-order valence-corrected chi connectivity index (χ1v) is 14.2. The lowest BCUT2D eigenvalue weighted by molar-refractivity contribution is -0.140. The van der Waals surface area contributed by atoms with Crippen molar-refractivity contribution in [1.82, 2.24) is 0 Å². The van der Waals surface area contributed by atoms with Gasteiger partial charge in [-0.3, -0.25) is 4.79 Å². The maximum Gasteiger partial charge on any atom is 0.417 e. The van der Waals surface area contributed by atoms with E-state index in [0.29, 0.717) is 6.08 Å². The zero-order valence-electron chi connectivity index (χ0n) is 20.7. The molecule has 0 fully saturated rings. The minimum absolute atomic E-state index is 0.178. The van der Waals surface area contributed by atoms with E-state index >= 15 is 0 Å². The molecular weight excluding hydrogens is 615 g/mol. The summed E-state index contributed by atoms with van der Waals surface area (Å²) in [7, 11) is -3.88. The lowest BCUT2D eigenvalue weighted by atomic mass is 9.87. The van der Waals surface area contributed by atoms with Crippen LogP contribution in [0, 0.1) is 5.92 Å². The number of carbonyl (C=O) groups excluding carboxylic acids is 1. The monoisotopic (exact) mass is 637 g/mol. The van der Waals surface area contributed by atoms with Crippen LogP contribution < -0.4 is 5.73 Å². The van der Waals surface area contributed by atoms with Crippen LogP contribution in [0.15, 0.2) is 30.3 Å². The lowest BCUT2D eigenvalue weighted by Gasteiger charge is -2.24. The maximum absolute atomic E-state index is 14.2. The number of allylic oxidation sites excluding steroid dienone is 1. The molecule has 0 spiro atoms. The van der Waals surface area contributed by atoms with Crippen molar-refractivity contribution in [3.05, 3.63) is 73.2 Å². The summed E-state index contributed by atoms with van der Waals surface area (Å²) >= 11 is 17.6. The van der Waals surface area contributed by atoms with Crippen molar-refractivity contribution in [3.8, 4) is 0 Å². The number of alkyl halides is 6. The molecule has 4 nitrogen and oxygen atoms in total. The van der Waals surface area contributed by atoms with E-state index in [9.17, 15) is 39.6 Å². The highest BCUT2D eigenvalue weighted by molar-refractivity contribution is 7.91. The molecule has 2 aromatic rings. The van der Waals surface area contributed by atoms with Gasteiger partial charge in [-0.05, 0) is 46.7 Å². The van der Waals surface area contributed by atoms with Crippen molar-refractivity contribution in [2.24, 2.45) is 11.7 Å². The molecule has 0 aliphatic heterocycles. The van der Waals surface area contributed by atoms with Crippen LogP contribution in [0.4, 0.5) is 26.3 Å². The Bertz CT molecular complexity index is 1350. The van der Waals surface area contributed by atoms with Gasteiger partial charge in [0.1, 0.15) is 0 Å². The average Bonchev–Trinajstić information content (AvgIpc) is 2.73. The fourth-order valence-electron chi connectivity index (χ4n) is 4.23. The van der Waals surface area contributed by atoms with Crippen molar-refractivity contribution in [2.75, 3.05) is 11.5 Å². The molecule has 2 aromatic carbocycles. The predicted molar refractivity (Wildman–Crippen MR) is 141 cm³/mol. The van der Waals surface area contributed by atoms with Crippen LogP contribution in [0.3, 0.4) is 0 Å². The Morgan fingerprint density at radius 2 is 1.51 bits per heavy atom. The number of carbonyl (C=O) groups is 1.